The normalized spacial score (nSPS) is 10.4. The average molecular weight is 289 g/mol. The van der Waals surface area contributed by atoms with Crippen molar-refractivity contribution >= 4 is 23.2 Å². The summed E-state index contributed by atoms with van der Waals surface area (Å²) in [5, 5.41) is 0.463. The predicted molar refractivity (Wildman–Crippen MR) is 67.4 cm³/mol. The summed E-state index contributed by atoms with van der Waals surface area (Å²) in [7, 11) is 0. The van der Waals surface area contributed by atoms with Gasteiger partial charge >= 0.3 is 0 Å². The van der Waals surface area contributed by atoms with Gasteiger partial charge in [0.25, 0.3) is 0 Å². The lowest BCUT2D eigenvalue weighted by atomic mass is 10.2. The van der Waals surface area contributed by atoms with Crippen molar-refractivity contribution in [3.8, 4) is 11.5 Å². The molecule has 0 bridgehead atoms. The van der Waals surface area contributed by atoms with Gasteiger partial charge in [0.15, 0.2) is 11.6 Å². The Hall–Kier alpha value is -1.32. The van der Waals surface area contributed by atoms with Gasteiger partial charge in [-0.15, -0.1) is 11.6 Å². The molecule has 0 N–H and O–H groups in total. The Balaban J connectivity index is 2.34. The van der Waals surface area contributed by atoms with Gasteiger partial charge in [-0.2, -0.15) is 0 Å². The lowest BCUT2D eigenvalue weighted by Gasteiger charge is -2.10. The van der Waals surface area contributed by atoms with E-state index in [1.165, 1.54) is 6.07 Å². The van der Waals surface area contributed by atoms with Crippen LogP contribution in [-0.2, 0) is 5.88 Å². The number of hydrogen-bond acceptors (Lipinski definition) is 1. The molecule has 0 saturated heterocycles. The second kappa shape index (κ2) is 5.55. The van der Waals surface area contributed by atoms with Crippen LogP contribution in [0.25, 0.3) is 0 Å². The van der Waals surface area contributed by atoms with Crippen molar-refractivity contribution in [1.82, 2.24) is 0 Å². The number of halogens is 4. The number of hydrogen-bond donors (Lipinski definition) is 0. The highest BCUT2D eigenvalue weighted by Gasteiger charge is 2.09. The van der Waals surface area contributed by atoms with E-state index in [1.807, 2.05) is 0 Å². The summed E-state index contributed by atoms with van der Waals surface area (Å²) in [4.78, 5) is 0. The largest absolute Gasteiger partial charge is 0.457 e. The van der Waals surface area contributed by atoms with Crippen LogP contribution in [0.2, 0.25) is 5.02 Å². The van der Waals surface area contributed by atoms with Gasteiger partial charge in [0.05, 0.1) is 5.88 Å². The van der Waals surface area contributed by atoms with Gasteiger partial charge in [-0.25, -0.2) is 8.78 Å². The van der Waals surface area contributed by atoms with Crippen LogP contribution in [0.5, 0.6) is 11.5 Å². The fraction of sp³-hybridized carbons (Fsp3) is 0.0769. The topological polar surface area (TPSA) is 9.23 Å². The molecular formula is C13H8Cl2F2O. The summed E-state index contributed by atoms with van der Waals surface area (Å²) < 4.78 is 31.3. The van der Waals surface area contributed by atoms with Crippen LogP contribution in [0, 0.1) is 11.6 Å². The van der Waals surface area contributed by atoms with Crippen molar-refractivity contribution in [2.75, 3.05) is 0 Å². The molecule has 0 aliphatic carbocycles. The predicted octanol–water partition coefficient (Wildman–Crippen LogP) is 5.15. The maximum absolute atomic E-state index is 13.0. The Morgan fingerprint density at radius 1 is 1.06 bits per heavy atom. The van der Waals surface area contributed by atoms with E-state index in [1.54, 1.807) is 18.2 Å². The Labute approximate surface area is 113 Å². The quantitative estimate of drug-likeness (QED) is 0.710. The fourth-order valence-electron chi connectivity index (χ4n) is 1.43. The first-order valence-corrected chi connectivity index (χ1v) is 5.99. The minimum Gasteiger partial charge on any atom is -0.457 e. The summed E-state index contributed by atoms with van der Waals surface area (Å²) in [5.74, 6) is -1.13. The van der Waals surface area contributed by atoms with E-state index in [4.69, 9.17) is 27.9 Å². The van der Waals surface area contributed by atoms with Crippen LogP contribution in [0.4, 0.5) is 8.78 Å². The maximum Gasteiger partial charge on any atom is 0.162 e. The third kappa shape index (κ3) is 2.74. The zero-order chi connectivity index (χ0) is 13.1. The molecule has 0 radical (unpaired) electrons. The van der Waals surface area contributed by atoms with Crippen molar-refractivity contribution in [3.63, 3.8) is 0 Å². The second-order valence-electron chi connectivity index (χ2n) is 3.53. The molecule has 0 aliphatic heterocycles. The number of benzene rings is 2. The number of rotatable bonds is 3. The minimum absolute atomic E-state index is 0.165. The molecule has 0 amide bonds. The van der Waals surface area contributed by atoms with Crippen LogP contribution in [-0.4, -0.2) is 0 Å². The fourth-order valence-corrected chi connectivity index (χ4v) is 2.01. The van der Waals surface area contributed by atoms with Gasteiger partial charge < -0.3 is 4.74 Å². The average Bonchev–Trinajstić information content (AvgIpc) is 2.34. The van der Waals surface area contributed by atoms with E-state index in [9.17, 15) is 8.78 Å². The van der Waals surface area contributed by atoms with Crippen molar-refractivity contribution in [2.24, 2.45) is 0 Å². The van der Waals surface area contributed by atoms with E-state index in [-0.39, 0.29) is 11.6 Å². The highest BCUT2D eigenvalue weighted by molar-refractivity contribution is 6.32. The molecule has 0 saturated carbocycles. The van der Waals surface area contributed by atoms with E-state index < -0.39 is 11.6 Å². The summed E-state index contributed by atoms with van der Waals surface area (Å²) in [6, 6.07) is 8.32. The van der Waals surface area contributed by atoms with Crippen LogP contribution >= 0.6 is 23.2 Å². The van der Waals surface area contributed by atoms with E-state index >= 15 is 0 Å². The molecule has 5 heteroatoms. The highest BCUT2D eigenvalue weighted by atomic mass is 35.5. The van der Waals surface area contributed by atoms with Crippen molar-refractivity contribution in [2.45, 2.75) is 5.88 Å². The molecule has 0 spiro atoms. The molecule has 0 unspecified atom stereocenters. The Bertz CT molecular complexity index is 573. The first kappa shape index (κ1) is 13.1. The molecule has 0 atom stereocenters. The van der Waals surface area contributed by atoms with Crippen molar-refractivity contribution in [3.05, 3.63) is 58.6 Å². The number of alkyl halides is 1. The molecule has 0 aromatic heterocycles. The van der Waals surface area contributed by atoms with Gasteiger partial charge in [0.2, 0.25) is 0 Å². The molecule has 94 valence electrons. The SMILES string of the molecule is Fc1ccc(Oc2cccc(Cl)c2CCl)cc1F. The van der Waals surface area contributed by atoms with Gasteiger partial charge in [0.1, 0.15) is 11.5 Å². The summed E-state index contributed by atoms with van der Waals surface area (Å²) in [5.41, 5.74) is 0.602. The summed E-state index contributed by atoms with van der Waals surface area (Å²) in [6.07, 6.45) is 0. The van der Waals surface area contributed by atoms with Gasteiger partial charge in [0, 0.05) is 16.7 Å². The van der Waals surface area contributed by atoms with E-state index in [0.29, 0.717) is 16.3 Å². The zero-order valence-electron chi connectivity index (χ0n) is 9.09. The molecule has 2 aromatic rings. The van der Waals surface area contributed by atoms with Gasteiger partial charge in [-0.3, -0.25) is 0 Å². The Kier molecular flexibility index (Phi) is 4.04. The smallest absolute Gasteiger partial charge is 0.162 e. The molecule has 0 heterocycles. The van der Waals surface area contributed by atoms with E-state index in [2.05, 4.69) is 0 Å². The minimum atomic E-state index is -0.970. The number of ether oxygens (including phenoxy) is 1. The molecule has 0 aliphatic rings. The third-order valence-corrected chi connectivity index (χ3v) is 2.95. The maximum atomic E-state index is 13.0. The summed E-state index contributed by atoms with van der Waals surface area (Å²) >= 11 is 11.7. The summed E-state index contributed by atoms with van der Waals surface area (Å²) in [6.45, 7) is 0. The molecule has 2 aromatic carbocycles. The van der Waals surface area contributed by atoms with Crippen LogP contribution < -0.4 is 4.74 Å². The second-order valence-corrected chi connectivity index (χ2v) is 4.20. The molecule has 0 fully saturated rings. The van der Waals surface area contributed by atoms with E-state index in [0.717, 1.165) is 12.1 Å². The zero-order valence-corrected chi connectivity index (χ0v) is 10.6. The lowest BCUT2D eigenvalue weighted by Crippen LogP contribution is -1.92. The molecular weight excluding hydrogens is 281 g/mol. The van der Waals surface area contributed by atoms with Crippen molar-refractivity contribution in [1.29, 1.82) is 0 Å². The standard InChI is InChI=1S/C13H8Cl2F2O/c14-7-9-10(15)2-1-3-13(9)18-8-4-5-11(16)12(17)6-8/h1-6H,7H2. The van der Waals surface area contributed by atoms with Crippen molar-refractivity contribution < 1.29 is 13.5 Å². The molecule has 18 heavy (non-hydrogen) atoms. The van der Waals surface area contributed by atoms with Crippen LogP contribution in [0.15, 0.2) is 36.4 Å². The third-order valence-electron chi connectivity index (χ3n) is 2.33. The molecule has 1 nitrogen and oxygen atoms in total. The monoisotopic (exact) mass is 288 g/mol. The lowest BCUT2D eigenvalue weighted by molar-refractivity contribution is 0.459. The highest BCUT2D eigenvalue weighted by Crippen LogP contribution is 2.32. The first-order valence-electron chi connectivity index (χ1n) is 5.08. The Morgan fingerprint density at radius 3 is 2.50 bits per heavy atom. The molecule has 2 rings (SSSR count). The first-order chi connectivity index (χ1) is 8.61. The van der Waals surface area contributed by atoms with Gasteiger partial charge in [-0.05, 0) is 24.3 Å². The Morgan fingerprint density at radius 2 is 1.83 bits per heavy atom. The van der Waals surface area contributed by atoms with Crippen LogP contribution in [0.3, 0.4) is 0 Å². The van der Waals surface area contributed by atoms with Gasteiger partial charge in [-0.1, -0.05) is 17.7 Å². The van der Waals surface area contributed by atoms with Crippen LogP contribution in [0.1, 0.15) is 5.56 Å².